The number of ether oxygens (including phenoxy) is 2. The highest BCUT2D eigenvalue weighted by Crippen LogP contribution is 2.32. The van der Waals surface area contributed by atoms with Gasteiger partial charge in [-0.25, -0.2) is 9.97 Å². The molecule has 0 amide bonds. The molecule has 2 aromatic rings. The summed E-state index contributed by atoms with van der Waals surface area (Å²) >= 11 is 0. The van der Waals surface area contributed by atoms with E-state index in [2.05, 4.69) is 22.2 Å². The molecule has 0 aliphatic carbocycles. The average Bonchev–Trinajstić information content (AvgIpc) is 2.54. The zero-order chi connectivity index (χ0) is 15.4. The molecule has 2 rings (SSSR count). The molecule has 5 heteroatoms. The van der Waals surface area contributed by atoms with Gasteiger partial charge in [0.15, 0.2) is 5.82 Å². The number of nitrogens with one attached hydrogen (secondary N) is 1. The third-order valence-electron chi connectivity index (χ3n) is 3.47. The topological polar surface area (TPSA) is 56.3 Å². The van der Waals surface area contributed by atoms with Gasteiger partial charge in [0.2, 0.25) is 0 Å². The van der Waals surface area contributed by atoms with E-state index in [1.807, 2.05) is 32.2 Å². The van der Waals surface area contributed by atoms with Gasteiger partial charge in [0.1, 0.15) is 17.3 Å². The summed E-state index contributed by atoms with van der Waals surface area (Å²) in [7, 11) is 5.14. The zero-order valence-corrected chi connectivity index (χ0v) is 13.2. The van der Waals surface area contributed by atoms with E-state index >= 15 is 0 Å². The van der Waals surface area contributed by atoms with E-state index in [0.29, 0.717) is 5.82 Å². The number of rotatable bonds is 5. The minimum atomic E-state index is 0.637. The largest absolute Gasteiger partial charge is 0.497 e. The van der Waals surface area contributed by atoms with E-state index in [9.17, 15) is 0 Å². The Bertz CT molecular complexity index is 616. The Kier molecular flexibility index (Phi) is 4.62. The first kappa shape index (κ1) is 15.1. The summed E-state index contributed by atoms with van der Waals surface area (Å²) in [5.41, 5.74) is 2.92. The van der Waals surface area contributed by atoms with Crippen molar-refractivity contribution in [3.8, 4) is 22.9 Å². The fourth-order valence-corrected chi connectivity index (χ4v) is 2.26. The van der Waals surface area contributed by atoms with E-state index in [1.165, 1.54) is 0 Å². The molecule has 0 saturated heterocycles. The van der Waals surface area contributed by atoms with Crippen molar-refractivity contribution in [1.82, 2.24) is 9.97 Å². The third kappa shape index (κ3) is 2.91. The van der Waals surface area contributed by atoms with Crippen molar-refractivity contribution in [3.63, 3.8) is 0 Å². The van der Waals surface area contributed by atoms with Crippen LogP contribution in [0.5, 0.6) is 11.5 Å². The first-order valence-corrected chi connectivity index (χ1v) is 6.92. The van der Waals surface area contributed by atoms with Crippen molar-refractivity contribution in [2.24, 2.45) is 0 Å². The molecule has 0 aliphatic heterocycles. The quantitative estimate of drug-likeness (QED) is 0.916. The van der Waals surface area contributed by atoms with Gasteiger partial charge in [0, 0.05) is 18.3 Å². The fraction of sp³-hybridized carbons (Fsp3) is 0.375. The molecular formula is C16H21N3O2. The minimum absolute atomic E-state index is 0.637. The lowest BCUT2D eigenvalue weighted by Crippen LogP contribution is -2.05. The molecule has 1 aromatic heterocycles. The normalized spacial score (nSPS) is 10.3. The van der Waals surface area contributed by atoms with Crippen LogP contribution in [0.4, 0.5) is 5.82 Å². The number of hydrogen-bond donors (Lipinski definition) is 1. The Hall–Kier alpha value is -2.30. The summed E-state index contributed by atoms with van der Waals surface area (Å²) in [5, 5.41) is 3.12. The van der Waals surface area contributed by atoms with Crippen molar-refractivity contribution in [3.05, 3.63) is 29.5 Å². The maximum atomic E-state index is 5.42. The van der Waals surface area contributed by atoms with Gasteiger partial charge in [-0.3, -0.25) is 0 Å². The molecule has 21 heavy (non-hydrogen) atoms. The smallest absolute Gasteiger partial charge is 0.165 e. The van der Waals surface area contributed by atoms with Gasteiger partial charge < -0.3 is 14.8 Å². The van der Waals surface area contributed by atoms with Crippen LogP contribution in [-0.4, -0.2) is 31.2 Å². The van der Waals surface area contributed by atoms with Gasteiger partial charge in [-0.1, -0.05) is 6.92 Å². The van der Waals surface area contributed by atoms with Crippen LogP contribution in [-0.2, 0) is 6.42 Å². The van der Waals surface area contributed by atoms with Gasteiger partial charge >= 0.3 is 0 Å². The maximum absolute atomic E-state index is 5.42. The van der Waals surface area contributed by atoms with Crippen LogP contribution in [0.15, 0.2) is 18.2 Å². The second-order valence-corrected chi connectivity index (χ2v) is 4.64. The molecule has 0 bridgehead atoms. The predicted molar refractivity (Wildman–Crippen MR) is 84.2 cm³/mol. The number of aryl methyl sites for hydroxylation is 1. The second kappa shape index (κ2) is 6.43. The molecule has 0 unspecified atom stereocenters. The van der Waals surface area contributed by atoms with E-state index in [0.717, 1.165) is 40.6 Å². The molecule has 112 valence electrons. The van der Waals surface area contributed by atoms with Gasteiger partial charge in [-0.05, 0) is 31.5 Å². The van der Waals surface area contributed by atoms with Gasteiger partial charge in [0.05, 0.1) is 19.8 Å². The summed E-state index contributed by atoms with van der Waals surface area (Å²) in [6.07, 6.45) is 0.850. The molecule has 0 aliphatic rings. The average molecular weight is 287 g/mol. The van der Waals surface area contributed by atoms with Crippen molar-refractivity contribution < 1.29 is 9.47 Å². The minimum Gasteiger partial charge on any atom is -0.497 e. The number of hydrogen-bond acceptors (Lipinski definition) is 5. The maximum Gasteiger partial charge on any atom is 0.165 e. The third-order valence-corrected chi connectivity index (χ3v) is 3.47. The molecule has 0 fully saturated rings. The van der Waals surface area contributed by atoms with Crippen molar-refractivity contribution in [1.29, 1.82) is 0 Å². The molecule has 0 atom stereocenters. The second-order valence-electron chi connectivity index (χ2n) is 4.64. The Morgan fingerprint density at radius 3 is 2.48 bits per heavy atom. The fourth-order valence-electron chi connectivity index (χ4n) is 2.26. The van der Waals surface area contributed by atoms with Crippen LogP contribution < -0.4 is 14.8 Å². The lowest BCUT2D eigenvalue weighted by molar-refractivity contribution is 0.404. The van der Waals surface area contributed by atoms with E-state index in [-0.39, 0.29) is 0 Å². The summed E-state index contributed by atoms with van der Waals surface area (Å²) in [5.74, 6) is 2.95. The number of methoxy groups -OCH3 is 2. The molecule has 0 spiro atoms. The summed E-state index contributed by atoms with van der Waals surface area (Å²) in [6, 6.07) is 5.61. The Labute approximate surface area is 125 Å². The van der Waals surface area contributed by atoms with Crippen LogP contribution in [0.25, 0.3) is 11.4 Å². The van der Waals surface area contributed by atoms with Crippen LogP contribution in [0, 0.1) is 6.92 Å². The first-order valence-electron chi connectivity index (χ1n) is 6.92. The van der Waals surface area contributed by atoms with E-state index < -0.39 is 0 Å². The van der Waals surface area contributed by atoms with Crippen molar-refractivity contribution >= 4 is 5.82 Å². The van der Waals surface area contributed by atoms with Crippen molar-refractivity contribution in [2.75, 3.05) is 26.6 Å². The number of aromatic nitrogens is 2. The van der Waals surface area contributed by atoms with E-state index in [4.69, 9.17) is 9.47 Å². The summed E-state index contributed by atoms with van der Waals surface area (Å²) in [6.45, 7) is 4.11. The number of benzene rings is 1. The highest BCUT2D eigenvalue weighted by molar-refractivity contribution is 5.68. The Morgan fingerprint density at radius 1 is 1.14 bits per heavy atom. The van der Waals surface area contributed by atoms with Gasteiger partial charge in [-0.2, -0.15) is 0 Å². The Morgan fingerprint density at radius 2 is 1.90 bits per heavy atom. The molecule has 1 heterocycles. The first-order chi connectivity index (χ1) is 10.1. The SMILES string of the molecule is CCc1nc(-c2cc(OC)ccc2OC)nc(NC)c1C. The van der Waals surface area contributed by atoms with Crippen LogP contribution in [0.1, 0.15) is 18.2 Å². The van der Waals surface area contributed by atoms with Gasteiger partial charge in [0.25, 0.3) is 0 Å². The lowest BCUT2D eigenvalue weighted by Gasteiger charge is -2.14. The summed E-state index contributed by atoms with van der Waals surface area (Å²) in [4.78, 5) is 9.26. The van der Waals surface area contributed by atoms with Crippen LogP contribution in [0.3, 0.4) is 0 Å². The Balaban J connectivity index is 2.65. The predicted octanol–water partition coefficient (Wildman–Crippen LogP) is 3.07. The van der Waals surface area contributed by atoms with E-state index in [1.54, 1.807) is 14.2 Å². The molecular weight excluding hydrogens is 266 g/mol. The monoisotopic (exact) mass is 287 g/mol. The van der Waals surface area contributed by atoms with Crippen LogP contribution >= 0.6 is 0 Å². The molecule has 0 saturated carbocycles. The lowest BCUT2D eigenvalue weighted by atomic mass is 10.1. The standard InChI is InChI=1S/C16H21N3O2/c1-6-13-10(2)15(17-3)19-16(18-13)12-9-11(20-4)7-8-14(12)21-5/h7-9H,6H2,1-5H3,(H,17,18,19). The van der Waals surface area contributed by atoms with Crippen molar-refractivity contribution in [2.45, 2.75) is 20.3 Å². The highest BCUT2D eigenvalue weighted by atomic mass is 16.5. The molecule has 5 nitrogen and oxygen atoms in total. The number of anilines is 1. The molecule has 1 N–H and O–H groups in total. The zero-order valence-electron chi connectivity index (χ0n) is 13.2. The summed E-state index contributed by atoms with van der Waals surface area (Å²) < 4.78 is 10.7. The van der Waals surface area contributed by atoms with Gasteiger partial charge in [-0.15, -0.1) is 0 Å². The van der Waals surface area contributed by atoms with Crippen LogP contribution in [0.2, 0.25) is 0 Å². The molecule has 0 radical (unpaired) electrons. The number of nitrogens with zero attached hydrogens (tertiary/aromatic N) is 2. The molecule has 1 aromatic carbocycles. The highest BCUT2D eigenvalue weighted by Gasteiger charge is 2.14.